The second kappa shape index (κ2) is 9.49. The fourth-order valence-electron chi connectivity index (χ4n) is 3.47. The number of nitrogens with one attached hydrogen (secondary N) is 1. The number of benzene rings is 3. The highest BCUT2D eigenvalue weighted by atomic mass is 35.5. The summed E-state index contributed by atoms with van der Waals surface area (Å²) < 4.78 is 38.9. The molecular weight excluding hydrogens is 473 g/mol. The van der Waals surface area contributed by atoms with Crippen LogP contribution in [0, 0.1) is 0 Å². The lowest BCUT2D eigenvalue weighted by Crippen LogP contribution is -2.27. The van der Waals surface area contributed by atoms with E-state index in [4.69, 9.17) is 11.6 Å². The molecule has 3 aromatic rings. The van der Waals surface area contributed by atoms with Crippen LogP contribution in [0.25, 0.3) is 0 Å². The van der Waals surface area contributed by atoms with Gasteiger partial charge in [0.2, 0.25) is 5.91 Å². The molecule has 1 atom stereocenters. The highest BCUT2D eigenvalue weighted by Crippen LogP contribution is 2.39. The Morgan fingerprint density at radius 1 is 1.06 bits per heavy atom. The van der Waals surface area contributed by atoms with Crippen molar-refractivity contribution in [1.29, 1.82) is 0 Å². The standard InChI is InChI=1S/C24H18ClF3N2O2S/c25-19-11-10-18(24(26,27)28)12-20(19)29-22(32)16-6-8-17(9-7-16)23-30(21(31)14-33-23)13-15-4-2-1-3-5-15/h1-12,23H,13-14H2,(H,29,32)/t23-/m0/s1. The van der Waals surface area contributed by atoms with Gasteiger partial charge >= 0.3 is 6.18 Å². The molecule has 1 fully saturated rings. The Hall–Kier alpha value is -2.97. The molecule has 33 heavy (non-hydrogen) atoms. The van der Waals surface area contributed by atoms with Gasteiger partial charge in [0.1, 0.15) is 5.37 Å². The van der Waals surface area contributed by atoms with Crippen molar-refractivity contribution in [2.75, 3.05) is 11.1 Å². The van der Waals surface area contributed by atoms with Crippen LogP contribution in [-0.4, -0.2) is 22.5 Å². The molecule has 1 saturated heterocycles. The maximum atomic E-state index is 13.0. The predicted octanol–water partition coefficient (Wildman–Crippen LogP) is 6.39. The molecule has 2 amide bonds. The second-order valence-electron chi connectivity index (χ2n) is 7.44. The SMILES string of the molecule is O=C(Nc1cc(C(F)(F)F)ccc1Cl)c1ccc([C@@H]2SCC(=O)N2Cc2ccccc2)cc1. The third-order valence-electron chi connectivity index (χ3n) is 5.16. The molecule has 0 unspecified atom stereocenters. The number of amides is 2. The van der Waals surface area contributed by atoms with Crippen molar-refractivity contribution in [3.63, 3.8) is 0 Å². The van der Waals surface area contributed by atoms with Crippen molar-refractivity contribution < 1.29 is 22.8 Å². The monoisotopic (exact) mass is 490 g/mol. The molecule has 1 heterocycles. The molecule has 0 bridgehead atoms. The van der Waals surface area contributed by atoms with Gasteiger partial charge in [-0.15, -0.1) is 11.8 Å². The number of anilines is 1. The minimum atomic E-state index is -4.55. The Bertz CT molecular complexity index is 1170. The van der Waals surface area contributed by atoms with Gasteiger partial charge in [-0.25, -0.2) is 0 Å². The van der Waals surface area contributed by atoms with Crippen LogP contribution in [0.4, 0.5) is 18.9 Å². The minimum Gasteiger partial charge on any atom is -0.322 e. The summed E-state index contributed by atoms with van der Waals surface area (Å²) in [5, 5.41) is 2.25. The lowest BCUT2D eigenvalue weighted by molar-refractivity contribution is -0.137. The number of rotatable bonds is 5. The smallest absolute Gasteiger partial charge is 0.322 e. The van der Waals surface area contributed by atoms with Gasteiger partial charge in [0.05, 0.1) is 22.0 Å². The topological polar surface area (TPSA) is 49.4 Å². The number of hydrogen-bond acceptors (Lipinski definition) is 3. The first kappa shape index (κ1) is 23.2. The maximum absolute atomic E-state index is 13.0. The van der Waals surface area contributed by atoms with Crippen LogP contribution in [0.2, 0.25) is 5.02 Å². The number of alkyl halides is 3. The molecule has 4 rings (SSSR count). The molecule has 1 N–H and O–H groups in total. The Balaban J connectivity index is 1.49. The molecule has 1 aliphatic rings. The molecule has 0 aliphatic carbocycles. The summed E-state index contributed by atoms with van der Waals surface area (Å²) in [6.45, 7) is 0.480. The van der Waals surface area contributed by atoms with Gasteiger partial charge in [-0.05, 0) is 41.5 Å². The first-order valence-electron chi connectivity index (χ1n) is 9.95. The van der Waals surface area contributed by atoms with Crippen LogP contribution in [0.3, 0.4) is 0 Å². The predicted molar refractivity (Wildman–Crippen MR) is 123 cm³/mol. The van der Waals surface area contributed by atoms with Crippen LogP contribution in [0.5, 0.6) is 0 Å². The van der Waals surface area contributed by atoms with E-state index < -0.39 is 17.6 Å². The first-order valence-corrected chi connectivity index (χ1v) is 11.4. The summed E-state index contributed by atoms with van der Waals surface area (Å²) in [7, 11) is 0. The van der Waals surface area contributed by atoms with Crippen molar-refractivity contribution >= 4 is 40.9 Å². The number of carbonyl (C=O) groups is 2. The van der Waals surface area contributed by atoms with Crippen LogP contribution < -0.4 is 5.32 Å². The van der Waals surface area contributed by atoms with Gasteiger partial charge in [0, 0.05) is 12.1 Å². The lowest BCUT2D eigenvalue weighted by atomic mass is 10.1. The zero-order chi connectivity index (χ0) is 23.6. The average molecular weight is 491 g/mol. The summed E-state index contributed by atoms with van der Waals surface area (Å²) in [5.74, 6) is -0.178. The lowest BCUT2D eigenvalue weighted by Gasteiger charge is -2.24. The summed E-state index contributed by atoms with van der Waals surface area (Å²) >= 11 is 7.47. The summed E-state index contributed by atoms with van der Waals surface area (Å²) in [6, 6.07) is 19.1. The highest BCUT2D eigenvalue weighted by Gasteiger charge is 2.33. The molecule has 9 heteroatoms. The highest BCUT2D eigenvalue weighted by molar-refractivity contribution is 8.00. The number of nitrogens with zero attached hydrogens (tertiary/aromatic N) is 1. The van der Waals surface area contributed by atoms with E-state index in [1.165, 1.54) is 11.8 Å². The Morgan fingerprint density at radius 2 is 1.76 bits per heavy atom. The van der Waals surface area contributed by atoms with Gasteiger partial charge in [-0.3, -0.25) is 9.59 Å². The third-order valence-corrected chi connectivity index (χ3v) is 6.75. The van der Waals surface area contributed by atoms with Crippen molar-refractivity contribution in [3.8, 4) is 0 Å². The number of carbonyl (C=O) groups excluding carboxylic acids is 2. The molecule has 1 aliphatic heterocycles. The van der Waals surface area contributed by atoms with E-state index >= 15 is 0 Å². The molecule has 0 aromatic heterocycles. The van der Waals surface area contributed by atoms with E-state index in [1.807, 2.05) is 30.3 Å². The number of thioether (sulfide) groups is 1. The summed E-state index contributed by atoms with van der Waals surface area (Å²) in [6.07, 6.45) is -4.55. The van der Waals surface area contributed by atoms with E-state index in [0.717, 1.165) is 29.3 Å². The van der Waals surface area contributed by atoms with Crippen LogP contribution in [-0.2, 0) is 17.5 Å². The van der Waals surface area contributed by atoms with Crippen molar-refractivity contribution in [1.82, 2.24) is 4.90 Å². The molecule has 170 valence electrons. The number of hydrogen-bond donors (Lipinski definition) is 1. The largest absolute Gasteiger partial charge is 0.416 e. The first-order chi connectivity index (χ1) is 15.7. The molecule has 0 saturated carbocycles. The van der Waals surface area contributed by atoms with Crippen LogP contribution in [0.15, 0.2) is 72.8 Å². The van der Waals surface area contributed by atoms with Crippen molar-refractivity contribution in [3.05, 3.63) is 100 Å². The van der Waals surface area contributed by atoms with Gasteiger partial charge in [0.15, 0.2) is 0 Å². The van der Waals surface area contributed by atoms with E-state index in [-0.39, 0.29) is 27.6 Å². The number of halogens is 4. The molecule has 0 radical (unpaired) electrons. The third kappa shape index (κ3) is 5.34. The van der Waals surface area contributed by atoms with E-state index in [0.29, 0.717) is 12.3 Å². The van der Waals surface area contributed by atoms with Crippen LogP contribution in [0.1, 0.15) is 32.4 Å². The Morgan fingerprint density at radius 3 is 2.42 bits per heavy atom. The molecule has 4 nitrogen and oxygen atoms in total. The molecule has 3 aromatic carbocycles. The van der Waals surface area contributed by atoms with Gasteiger partial charge in [-0.2, -0.15) is 13.2 Å². The zero-order valence-electron chi connectivity index (χ0n) is 17.1. The molecule has 0 spiro atoms. The normalized spacial score (nSPS) is 16.2. The Kier molecular flexibility index (Phi) is 6.67. The fourth-order valence-corrected chi connectivity index (χ4v) is 4.82. The summed E-state index contributed by atoms with van der Waals surface area (Å²) in [4.78, 5) is 26.8. The van der Waals surface area contributed by atoms with Gasteiger partial charge in [0.25, 0.3) is 5.91 Å². The van der Waals surface area contributed by atoms with Gasteiger partial charge in [-0.1, -0.05) is 54.1 Å². The quantitative estimate of drug-likeness (QED) is 0.451. The van der Waals surface area contributed by atoms with Crippen molar-refractivity contribution in [2.45, 2.75) is 18.1 Å². The van der Waals surface area contributed by atoms with Gasteiger partial charge < -0.3 is 10.2 Å². The van der Waals surface area contributed by atoms with E-state index in [9.17, 15) is 22.8 Å². The average Bonchev–Trinajstić information content (AvgIpc) is 3.15. The Labute approximate surface area is 197 Å². The van der Waals surface area contributed by atoms with E-state index in [1.54, 1.807) is 29.2 Å². The molecular formula is C24H18ClF3N2O2S. The van der Waals surface area contributed by atoms with E-state index in [2.05, 4.69) is 5.32 Å². The summed E-state index contributed by atoms with van der Waals surface area (Å²) in [5.41, 5.74) is 1.12. The maximum Gasteiger partial charge on any atom is 0.416 e. The minimum absolute atomic E-state index is 0.00499. The second-order valence-corrected chi connectivity index (χ2v) is 8.91. The van der Waals surface area contributed by atoms with Crippen molar-refractivity contribution in [2.24, 2.45) is 0 Å². The fraction of sp³-hybridized carbons (Fsp3) is 0.167. The zero-order valence-corrected chi connectivity index (χ0v) is 18.7. The van der Waals surface area contributed by atoms with Crippen LogP contribution >= 0.6 is 23.4 Å².